The monoisotopic (exact) mass is 437 g/mol. The van der Waals surface area contributed by atoms with Crippen LogP contribution < -0.4 is 5.32 Å². The third-order valence-corrected chi connectivity index (χ3v) is 7.35. The fourth-order valence-corrected chi connectivity index (χ4v) is 5.39. The molecule has 154 valence electrons. The van der Waals surface area contributed by atoms with E-state index >= 15 is 0 Å². The number of hydrogen-bond donors (Lipinski definition) is 1. The van der Waals surface area contributed by atoms with Crippen molar-refractivity contribution in [1.82, 2.24) is 15.5 Å². The van der Waals surface area contributed by atoms with E-state index in [1.165, 1.54) is 4.70 Å². The molecule has 2 aromatic heterocycles. The Bertz CT molecular complexity index is 1130. The number of carbonyl (C=O) groups is 1. The molecule has 1 amide bonds. The van der Waals surface area contributed by atoms with E-state index in [2.05, 4.69) is 23.5 Å². The molecule has 0 saturated heterocycles. The Morgan fingerprint density at radius 2 is 1.93 bits per heavy atom. The van der Waals surface area contributed by atoms with E-state index < -0.39 is 0 Å². The number of aromatic nitrogens is 2. The molecule has 1 N–H and O–H groups in total. The van der Waals surface area contributed by atoms with Crippen LogP contribution in [0.1, 0.15) is 45.2 Å². The van der Waals surface area contributed by atoms with Gasteiger partial charge in [0.15, 0.2) is 0 Å². The maximum atomic E-state index is 12.9. The molecule has 2 aromatic carbocycles. The summed E-state index contributed by atoms with van der Waals surface area (Å²) < 4.78 is 6.42. The first-order chi connectivity index (χ1) is 14.5. The van der Waals surface area contributed by atoms with Crippen LogP contribution in [0.4, 0.5) is 0 Å². The minimum atomic E-state index is -0.0650. The van der Waals surface area contributed by atoms with E-state index in [9.17, 15) is 4.79 Å². The largest absolute Gasteiger partial charge is 0.361 e. The van der Waals surface area contributed by atoms with Gasteiger partial charge in [-0.15, -0.1) is 23.1 Å². The molecule has 30 heavy (non-hydrogen) atoms. The number of fused-ring (bicyclic) bond motifs is 1. The number of amides is 1. The van der Waals surface area contributed by atoms with Crippen LogP contribution in [0.5, 0.6) is 0 Å². The molecule has 0 fully saturated rings. The van der Waals surface area contributed by atoms with Gasteiger partial charge in [0.2, 0.25) is 0 Å². The summed E-state index contributed by atoms with van der Waals surface area (Å²) in [6.07, 6.45) is 0. The number of thioether (sulfide) groups is 1. The Morgan fingerprint density at radius 1 is 1.17 bits per heavy atom. The number of nitrogens with zero attached hydrogens (tertiary/aromatic N) is 2. The molecule has 7 heteroatoms. The lowest BCUT2D eigenvalue weighted by atomic mass is 10.1. The lowest BCUT2D eigenvalue weighted by molar-refractivity contribution is 0.0948. The third-order valence-electron chi connectivity index (χ3n) is 4.99. The highest BCUT2D eigenvalue weighted by Gasteiger charge is 2.17. The fourth-order valence-electron chi connectivity index (χ4n) is 3.17. The van der Waals surface area contributed by atoms with Gasteiger partial charge in [0.1, 0.15) is 5.76 Å². The maximum Gasteiger partial charge on any atom is 0.252 e. The molecular formula is C23H23N3O2S2. The van der Waals surface area contributed by atoms with Gasteiger partial charge in [0.05, 0.1) is 26.5 Å². The summed E-state index contributed by atoms with van der Waals surface area (Å²) in [4.78, 5) is 18.5. The van der Waals surface area contributed by atoms with Crippen molar-refractivity contribution < 1.29 is 9.32 Å². The van der Waals surface area contributed by atoms with E-state index in [1.54, 1.807) is 23.1 Å². The number of thiazole rings is 1. The molecule has 0 unspecified atom stereocenters. The van der Waals surface area contributed by atoms with Crippen molar-refractivity contribution in [2.75, 3.05) is 6.54 Å². The van der Waals surface area contributed by atoms with Gasteiger partial charge in [-0.05, 0) is 38.1 Å². The van der Waals surface area contributed by atoms with Crippen LogP contribution in [0.15, 0.2) is 57.9 Å². The second kappa shape index (κ2) is 9.02. The smallest absolute Gasteiger partial charge is 0.252 e. The van der Waals surface area contributed by atoms with Crippen molar-refractivity contribution >= 4 is 39.2 Å². The average Bonchev–Trinajstić information content (AvgIpc) is 3.33. The molecule has 0 aliphatic rings. The van der Waals surface area contributed by atoms with Crippen molar-refractivity contribution in [3.05, 3.63) is 76.1 Å². The molecule has 4 aromatic rings. The topological polar surface area (TPSA) is 68.0 Å². The van der Waals surface area contributed by atoms with Gasteiger partial charge >= 0.3 is 0 Å². The Kier molecular flexibility index (Phi) is 6.20. The van der Waals surface area contributed by atoms with E-state index in [0.717, 1.165) is 32.4 Å². The first-order valence-corrected chi connectivity index (χ1v) is 11.6. The first kappa shape index (κ1) is 20.6. The zero-order valence-corrected chi connectivity index (χ0v) is 18.8. The fraction of sp³-hybridized carbons (Fsp3) is 0.261. The van der Waals surface area contributed by atoms with Crippen molar-refractivity contribution in [3.63, 3.8) is 0 Å². The van der Waals surface area contributed by atoms with Crippen molar-refractivity contribution in [2.45, 2.75) is 37.3 Å². The zero-order chi connectivity index (χ0) is 21.1. The quantitative estimate of drug-likeness (QED) is 0.374. The number of nitrogens with one attached hydrogen (secondary N) is 1. The van der Waals surface area contributed by atoms with Crippen LogP contribution in [0.25, 0.3) is 10.2 Å². The molecular weight excluding hydrogens is 414 g/mol. The number of para-hydroxylation sites is 1. The van der Waals surface area contributed by atoms with Gasteiger partial charge in [-0.3, -0.25) is 4.79 Å². The normalized spacial score (nSPS) is 12.2. The van der Waals surface area contributed by atoms with E-state index in [-0.39, 0.29) is 11.8 Å². The van der Waals surface area contributed by atoms with E-state index in [0.29, 0.717) is 17.9 Å². The van der Waals surface area contributed by atoms with Gasteiger partial charge in [-0.1, -0.05) is 36.3 Å². The highest BCUT2D eigenvalue weighted by Crippen LogP contribution is 2.29. The Balaban J connectivity index is 1.42. The summed E-state index contributed by atoms with van der Waals surface area (Å²) in [7, 11) is 0. The van der Waals surface area contributed by atoms with Gasteiger partial charge in [0.25, 0.3) is 5.91 Å². The van der Waals surface area contributed by atoms with Crippen LogP contribution in [0.3, 0.4) is 0 Å². The second-order valence-electron chi connectivity index (χ2n) is 7.22. The Labute approximate surface area is 183 Å². The predicted octanol–water partition coefficient (Wildman–Crippen LogP) is 5.73. The molecule has 4 rings (SSSR count). The minimum Gasteiger partial charge on any atom is -0.361 e. The molecule has 5 nitrogen and oxygen atoms in total. The number of benzene rings is 2. The molecule has 0 radical (unpaired) electrons. The molecule has 0 aliphatic heterocycles. The second-order valence-corrected chi connectivity index (χ2v) is 9.30. The van der Waals surface area contributed by atoms with Crippen LogP contribution in [0, 0.1) is 13.8 Å². The van der Waals surface area contributed by atoms with E-state index in [4.69, 9.17) is 9.51 Å². The number of carbonyl (C=O) groups excluding carboxylic acids is 1. The lowest BCUT2D eigenvalue weighted by Gasteiger charge is -2.12. The van der Waals surface area contributed by atoms with Gasteiger partial charge in [0, 0.05) is 28.7 Å². The Morgan fingerprint density at radius 3 is 2.70 bits per heavy atom. The van der Waals surface area contributed by atoms with Crippen molar-refractivity contribution in [1.29, 1.82) is 0 Å². The SMILES string of the molecule is Cc1noc(C)c1CSc1ccccc1C(=O)NC[C@H](C)c1nc2ccccc2s1. The molecule has 1 atom stereocenters. The highest BCUT2D eigenvalue weighted by atomic mass is 32.2. The summed E-state index contributed by atoms with van der Waals surface area (Å²) in [5.41, 5.74) is 3.67. The number of aryl methyl sites for hydroxylation is 2. The standard InChI is InChI=1S/C23H23N3O2S2/c1-14(23-25-19-9-5-7-11-21(19)30-23)12-24-22(27)17-8-4-6-10-20(17)29-13-18-15(2)26-28-16(18)3/h4-11,14H,12-13H2,1-3H3,(H,24,27)/t14-/m0/s1. The van der Waals surface area contributed by atoms with Crippen molar-refractivity contribution in [2.24, 2.45) is 0 Å². The van der Waals surface area contributed by atoms with Gasteiger partial charge < -0.3 is 9.84 Å². The summed E-state index contributed by atoms with van der Waals surface area (Å²) >= 11 is 3.31. The van der Waals surface area contributed by atoms with Crippen LogP contribution >= 0.6 is 23.1 Å². The van der Waals surface area contributed by atoms with Crippen LogP contribution in [-0.2, 0) is 5.75 Å². The number of rotatable bonds is 7. The molecule has 2 heterocycles. The first-order valence-electron chi connectivity index (χ1n) is 9.80. The predicted molar refractivity (Wildman–Crippen MR) is 122 cm³/mol. The molecule has 0 saturated carbocycles. The van der Waals surface area contributed by atoms with Crippen molar-refractivity contribution in [3.8, 4) is 0 Å². The number of hydrogen-bond acceptors (Lipinski definition) is 6. The minimum absolute atomic E-state index is 0.0650. The average molecular weight is 438 g/mol. The zero-order valence-electron chi connectivity index (χ0n) is 17.1. The molecule has 0 aliphatic carbocycles. The van der Waals surface area contributed by atoms with E-state index in [1.807, 2.05) is 56.3 Å². The third kappa shape index (κ3) is 4.42. The summed E-state index contributed by atoms with van der Waals surface area (Å²) in [5.74, 6) is 1.62. The molecule has 0 spiro atoms. The lowest BCUT2D eigenvalue weighted by Crippen LogP contribution is -2.27. The Hall–Kier alpha value is -2.64. The maximum absolute atomic E-state index is 12.9. The molecule has 0 bridgehead atoms. The van der Waals surface area contributed by atoms with Gasteiger partial charge in [-0.2, -0.15) is 0 Å². The summed E-state index contributed by atoms with van der Waals surface area (Å²) in [6, 6.07) is 15.8. The highest BCUT2D eigenvalue weighted by molar-refractivity contribution is 7.98. The van der Waals surface area contributed by atoms with Crippen LogP contribution in [-0.4, -0.2) is 22.6 Å². The summed E-state index contributed by atoms with van der Waals surface area (Å²) in [5, 5.41) is 8.13. The van der Waals surface area contributed by atoms with Gasteiger partial charge in [-0.25, -0.2) is 4.98 Å². The summed E-state index contributed by atoms with van der Waals surface area (Å²) in [6.45, 7) is 6.49. The van der Waals surface area contributed by atoms with Crippen LogP contribution in [0.2, 0.25) is 0 Å².